The third-order valence-electron chi connectivity index (χ3n) is 2.95. The van der Waals surface area contributed by atoms with E-state index >= 15 is 0 Å². The van der Waals surface area contributed by atoms with Gasteiger partial charge >= 0.3 is 0 Å². The van der Waals surface area contributed by atoms with E-state index in [-0.39, 0.29) is 19.8 Å². The summed E-state index contributed by atoms with van der Waals surface area (Å²) in [5.41, 5.74) is 1.28. The predicted octanol–water partition coefficient (Wildman–Crippen LogP) is 1.09. The Balaban J connectivity index is 5.14. The Kier molecular flexibility index (Phi) is 6.00. The van der Waals surface area contributed by atoms with Crippen molar-refractivity contribution in [1.29, 1.82) is 0 Å². The first-order valence-corrected chi connectivity index (χ1v) is 5.13. The van der Waals surface area contributed by atoms with Gasteiger partial charge < -0.3 is 15.3 Å². The van der Waals surface area contributed by atoms with Gasteiger partial charge in [-0.2, -0.15) is 0 Å². The van der Waals surface area contributed by atoms with Crippen LogP contribution < -0.4 is 0 Å². The standard InChI is InChI=1S/C11H22O3/c1-4-9(3)10(5-2)11(6-12,7-13)8-14/h12-14H,4-8H2,1-3H3. The van der Waals surface area contributed by atoms with Crippen molar-refractivity contribution in [3.05, 3.63) is 11.1 Å². The average Bonchev–Trinajstić information content (AvgIpc) is 2.25. The third kappa shape index (κ3) is 2.56. The molecule has 0 radical (unpaired) electrons. The van der Waals surface area contributed by atoms with Crippen molar-refractivity contribution in [1.82, 2.24) is 0 Å². The lowest BCUT2D eigenvalue weighted by atomic mass is 9.78. The van der Waals surface area contributed by atoms with E-state index in [9.17, 15) is 15.3 Å². The molecule has 0 amide bonds. The molecule has 0 unspecified atom stereocenters. The van der Waals surface area contributed by atoms with Crippen molar-refractivity contribution in [2.45, 2.75) is 33.6 Å². The van der Waals surface area contributed by atoms with Crippen LogP contribution in [0.15, 0.2) is 11.1 Å². The van der Waals surface area contributed by atoms with Crippen molar-refractivity contribution in [3.63, 3.8) is 0 Å². The largest absolute Gasteiger partial charge is 0.395 e. The number of hydrogen-bond acceptors (Lipinski definition) is 3. The zero-order valence-electron chi connectivity index (χ0n) is 9.38. The second kappa shape index (κ2) is 6.17. The Labute approximate surface area is 86.1 Å². The zero-order chi connectivity index (χ0) is 11.2. The van der Waals surface area contributed by atoms with E-state index < -0.39 is 5.41 Å². The minimum atomic E-state index is -0.838. The lowest BCUT2D eigenvalue weighted by molar-refractivity contribution is 0.0304. The number of allylic oxidation sites excluding steroid dienone is 1. The number of aliphatic hydroxyl groups is 3. The van der Waals surface area contributed by atoms with Crippen LogP contribution in [-0.4, -0.2) is 35.1 Å². The highest BCUT2D eigenvalue weighted by molar-refractivity contribution is 5.21. The van der Waals surface area contributed by atoms with Crippen LogP contribution in [0.4, 0.5) is 0 Å². The molecule has 0 heterocycles. The minimum Gasteiger partial charge on any atom is -0.395 e. The molecule has 0 aliphatic carbocycles. The molecular formula is C11H22O3. The molecular weight excluding hydrogens is 180 g/mol. The summed E-state index contributed by atoms with van der Waals surface area (Å²) in [4.78, 5) is 0. The van der Waals surface area contributed by atoms with E-state index in [2.05, 4.69) is 0 Å². The Morgan fingerprint density at radius 2 is 1.36 bits per heavy atom. The summed E-state index contributed by atoms with van der Waals surface area (Å²) in [5, 5.41) is 27.8. The summed E-state index contributed by atoms with van der Waals surface area (Å²) in [7, 11) is 0. The van der Waals surface area contributed by atoms with Gasteiger partial charge in [0.15, 0.2) is 0 Å². The molecule has 14 heavy (non-hydrogen) atoms. The molecule has 0 spiro atoms. The van der Waals surface area contributed by atoms with Gasteiger partial charge in [-0.15, -0.1) is 0 Å². The fourth-order valence-electron chi connectivity index (χ4n) is 1.78. The number of aliphatic hydroxyl groups excluding tert-OH is 3. The van der Waals surface area contributed by atoms with E-state index in [4.69, 9.17) is 0 Å². The van der Waals surface area contributed by atoms with Crippen LogP contribution in [0.25, 0.3) is 0 Å². The monoisotopic (exact) mass is 202 g/mol. The molecule has 3 nitrogen and oxygen atoms in total. The Hall–Kier alpha value is -0.380. The molecule has 0 rings (SSSR count). The molecule has 0 atom stereocenters. The summed E-state index contributed by atoms with van der Waals surface area (Å²) in [6.07, 6.45) is 1.63. The average molecular weight is 202 g/mol. The number of hydrogen-bond donors (Lipinski definition) is 3. The zero-order valence-corrected chi connectivity index (χ0v) is 9.38. The highest BCUT2D eigenvalue weighted by Crippen LogP contribution is 2.32. The van der Waals surface area contributed by atoms with Crippen LogP contribution in [0.1, 0.15) is 33.6 Å². The lowest BCUT2D eigenvalue weighted by Gasteiger charge is -2.32. The summed E-state index contributed by atoms with van der Waals surface area (Å²) < 4.78 is 0. The van der Waals surface area contributed by atoms with Crippen molar-refractivity contribution in [3.8, 4) is 0 Å². The van der Waals surface area contributed by atoms with Gasteiger partial charge in [0.2, 0.25) is 0 Å². The van der Waals surface area contributed by atoms with Crippen molar-refractivity contribution in [2.75, 3.05) is 19.8 Å². The summed E-state index contributed by atoms with van der Waals surface area (Å²) in [5.74, 6) is 0. The van der Waals surface area contributed by atoms with E-state index in [1.165, 1.54) is 0 Å². The second-order valence-corrected chi connectivity index (χ2v) is 3.72. The van der Waals surface area contributed by atoms with Gasteiger partial charge in [-0.25, -0.2) is 0 Å². The van der Waals surface area contributed by atoms with Crippen LogP contribution in [0.3, 0.4) is 0 Å². The van der Waals surface area contributed by atoms with E-state index in [1.54, 1.807) is 0 Å². The van der Waals surface area contributed by atoms with Gasteiger partial charge in [0.25, 0.3) is 0 Å². The van der Waals surface area contributed by atoms with Crippen LogP contribution >= 0.6 is 0 Å². The van der Waals surface area contributed by atoms with Crippen molar-refractivity contribution < 1.29 is 15.3 Å². The fraction of sp³-hybridized carbons (Fsp3) is 0.818. The molecule has 3 heteroatoms. The quantitative estimate of drug-likeness (QED) is 0.565. The first-order valence-electron chi connectivity index (χ1n) is 5.13. The summed E-state index contributed by atoms with van der Waals surface area (Å²) in [6.45, 7) is 5.36. The van der Waals surface area contributed by atoms with Crippen LogP contribution in [0.2, 0.25) is 0 Å². The lowest BCUT2D eigenvalue weighted by Crippen LogP contribution is -2.36. The van der Waals surface area contributed by atoms with Crippen LogP contribution in [0.5, 0.6) is 0 Å². The third-order valence-corrected chi connectivity index (χ3v) is 2.95. The maximum atomic E-state index is 9.27. The van der Waals surface area contributed by atoms with Crippen LogP contribution in [-0.2, 0) is 0 Å². The normalized spacial score (nSPS) is 14.1. The van der Waals surface area contributed by atoms with Crippen molar-refractivity contribution >= 4 is 0 Å². The van der Waals surface area contributed by atoms with Crippen LogP contribution in [0, 0.1) is 5.41 Å². The molecule has 0 bridgehead atoms. The molecule has 0 aromatic carbocycles. The van der Waals surface area contributed by atoms with Gasteiger partial charge in [-0.1, -0.05) is 25.0 Å². The maximum absolute atomic E-state index is 9.27. The summed E-state index contributed by atoms with van der Waals surface area (Å²) >= 11 is 0. The maximum Gasteiger partial charge on any atom is 0.0608 e. The van der Waals surface area contributed by atoms with Gasteiger partial charge in [0, 0.05) is 0 Å². The fourth-order valence-corrected chi connectivity index (χ4v) is 1.78. The molecule has 0 aromatic heterocycles. The highest BCUT2D eigenvalue weighted by atomic mass is 16.3. The number of rotatable bonds is 6. The highest BCUT2D eigenvalue weighted by Gasteiger charge is 2.32. The molecule has 0 aliphatic heterocycles. The van der Waals surface area contributed by atoms with Crippen molar-refractivity contribution in [2.24, 2.45) is 5.41 Å². The molecule has 3 N–H and O–H groups in total. The molecule has 0 fully saturated rings. The molecule has 0 saturated carbocycles. The Morgan fingerprint density at radius 3 is 1.57 bits per heavy atom. The predicted molar refractivity (Wildman–Crippen MR) is 57.0 cm³/mol. The van der Waals surface area contributed by atoms with Gasteiger partial charge in [-0.3, -0.25) is 0 Å². The SMILES string of the molecule is CCC(C)=C(CC)C(CO)(CO)CO. The minimum absolute atomic E-state index is 0.208. The molecule has 84 valence electrons. The molecule has 0 aliphatic rings. The van der Waals surface area contributed by atoms with Gasteiger partial charge in [0.1, 0.15) is 0 Å². The molecule has 0 saturated heterocycles. The van der Waals surface area contributed by atoms with Gasteiger partial charge in [-0.05, 0) is 19.8 Å². The van der Waals surface area contributed by atoms with E-state index in [0.717, 1.165) is 24.0 Å². The van der Waals surface area contributed by atoms with Gasteiger partial charge in [0.05, 0.1) is 25.2 Å². The summed E-state index contributed by atoms with van der Waals surface area (Å²) in [6, 6.07) is 0. The molecule has 0 aromatic rings. The first-order chi connectivity index (χ1) is 6.61. The van der Waals surface area contributed by atoms with E-state index in [1.807, 2.05) is 20.8 Å². The topological polar surface area (TPSA) is 60.7 Å². The smallest absolute Gasteiger partial charge is 0.0608 e. The van der Waals surface area contributed by atoms with E-state index in [0.29, 0.717) is 0 Å². The first kappa shape index (κ1) is 13.6. The Morgan fingerprint density at radius 1 is 0.929 bits per heavy atom. The Bertz CT molecular complexity index is 184. The second-order valence-electron chi connectivity index (χ2n) is 3.72.